The number of rotatable bonds is 8. The predicted molar refractivity (Wildman–Crippen MR) is 71.4 cm³/mol. The van der Waals surface area contributed by atoms with Crippen molar-refractivity contribution in [2.45, 2.75) is 52.9 Å². The monoisotopic (exact) mass is 252 g/mol. The van der Waals surface area contributed by atoms with Crippen molar-refractivity contribution in [1.29, 1.82) is 0 Å². The van der Waals surface area contributed by atoms with E-state index in [1.807, 2.05) is 6.92 Å². The van der Waals surface area contributed by atoms with Gasteiger partial charge in [-0.3, -0.25) is 9.89 Å². The molecule has 1 unspecified atom stereocenters. The van der Waals surface area contributed by atoms with Crippen LogP contribution in [0.5, 0.6) is 0 Å². The minimum Gasteiger partial charge on any atom is -0.349 e. The van der Waals surface area contributed by atoms with Crippen LogP contribution in [0.25, 0.3) is 0 Å². The molecule has 1 amide bonds. The molecule has 0 aromatic carbocycles. The Morgan fingerprint density at radius 3 is 2.72 bits per heavy atom. The Morgan fingerprint density at radius 2 is 2.17 bits per heavy atom. The van der Waals surface area contributed by atoms with Gasteiger partial charge in [0.1, 0.15) is 5.82 Å². The van der Waals surface area contributed by atoms with Crippen LogP contribution in [0.2, 0.25) is 0 Å². The SMILES string of the molecule is CCCCC(CC)CNC(=O)c1n[nH]c(CC)n1. The van der Waals surface area contributed by atoms with Crippen LogP contribution in [0.4, 0.5) is 0 Å². The number of amides is 1. The van der Waals surface area contributed by atoms with Crippen molar-refractivity contribution in [3.8, 4) is 0 Å². The molecule has 0 spiro atoms. The minimum absolute atomic E-state index is 0.180. The Balaban J connectivity index is 2.39. The molecule has 1 aromatic rings. The fraction of sp³-hybridized carbons (Fsp3) is 0.769. The Labute approximate surface area is 109 Å². The lowest BCUT2D eigenvalue weighted by molar-refractivity contribution is 0.0935. The maximum atomic E-state index is 11.8. The number of nitrogens with one attached hydrogen (secondary N) is 2. The molecule has 0 saturated heterocycles. The van der Waals surface area contributed by atoms with E-state index in [-0.39, 0.29) is 11.7 Å². The number of H-pyrrole nitrogens is 1. The highest BCUT2D eigenvalue weighted by Gasteiger charge is 2.13. The average Bonchev–Trinajstić information content (AvgIpc) is 2.87. The summed E-state index contributed by atoms with van der Waals surface area (Å²) in [6.07, 6.45) is 5.44. The summed E-state index contributed by atoms with van der Waals surface area (Å²) in [5.74, 6) is 1.37. The molecule has 5 heteroatoms. The van der Waals surface area contributed by atoms with Gasteiger partial charge in [0.2, 0.25) is 5.82 Å². The van der Waals surface area contributed by atoms with Gasteiger partial charge in [-0.1, -0.05) is 40.0 Å². The Kier molecular flexibility index (Phi) is 6.39. The zero-order chi connectivity index (χ0) is 13.4. The Hall–Kier alpha value is -1.39. The second kappa shape index (κ2) is 7.84. The largest absolute Gasteiger partial charge is 0.349 e. The third-order valence-corrected chi connectivity index (χ3v) is 3.16. The summed E-state index contributed by atoms with van der Waals surface area (Å²) in [5.41, 5.74) is 0. The van der Waals surface area contributed by atoms with Gasteiger partial charge < -0.3 is 5.32 Å². The second-order valence-electron chi connectivity index (χ2n) is 4.59. The molecule has 0 aliphatic rings. The van der Waals surface area contributed by atoms with Gasteiger partial charge in [-0.2, -0.15) is 0 Å². The summed E-state index contributed by atoms with van der Waals surface area (Å²) in [6.45, 7) is 7.03. The first-order valence-corrected chi connectivity index (χ1v) is 6.90. The smallest absolute Gasteiger partial charge is 0.290 e. The van der Waals surface area contributed by atoms with E-state index in [4.69, 9.17) is 0 Å². The molecule has 1 rings (SSSR count). The van der Waals surface area contributed by atoms with Crippen molar-refractivity contribution < 1.29 is 4.79 Å². The van der Waals surface area contributed by atoms with Crippen LogP contribution >= 0.6 is 0 Å². The highest BCUT2D eigenvalue weighted by Crippen LogP contribution is 2.11. The van der Waals surface area contributed by atoms with Crippen molar-refractivity contribution in [3.05, 3.63) is 11.6 Å². The molecule has 0 saturated carbocycles. The second-order valence-corrected chi connectivity index (χ2v) is 4.59. The summed E-state index contributed by atoms with van der Waals surface area (Å²) in [5, 5.41) is 9.57. The maximum Gasteiger partial charge on any atom is 0.290 e. The summed E-state index contributed by atoms with van der Waals surface area (Å²) < 4.78 is 0. The number of hydrogen-bond acceptors (Lipinski definition) is 3. The molecular formula is C13H24N4O. The van der Waals surface area contributed by atoms with Crippen LogP contribution < -0.4 is 5.32 Å². The number of aromatic nitrogens is 3. The van der Waals surface area contributed by atoms with Gasteiger partial charge in [-0.05, 0) is 12.3 Å². The zero-order valence-electron chi connectivity index (χ0n) is 11.6. The van der Waals surface area contributed by atoms with E-state index >= 15 is 0 Å². The van der Waals surface area contributed by atoms with E-state index in [0.29, 0.717) is 12.5 Å². The minimum atomic E-state index is -0.180. The molecule has 18 heavy (non-hydrogen) atoms. The summed E-state index contributed by atoms with van der Waals surface area (Å²) in [6, 6.07) is 0. The molecule has 0 fully saturated rings. The number of aryl methyl sites for hydroxylation is 1. The fourth-order valence-electron chi connectivity index (χ4n) is 1.81. The van der Waals surface area contributed by atoms with Crippen molar-refractivity contribution in [2.75, 3.05) is 6.54 Å². The van der Waals surface area contributed by atoms with Crippen LogP contribution in [0.3, 0.4) is 0 Å². The molecule has 0 radical (unpaired) electrons. The summed E-state index contributed by atoms with van der Waals surface area (Å²) in [7, 11) is 0. The van der Waals surface area contributed by atoms with Crippen molar-refractivity contribution >= 4 is 5.91 Å². The zero-order valence-corrected chi connectivity index (χ0v) is 11.6. The van der Waals surface area contributed by atoms with E-state index < -0.39 is 0 Å². The molecule has 1 atom stereocenters. The number of carbonyl (C=O) groups excluding carboxylic acids is 1. The molecule has 2 N–H and O–H groups in total. The third kappa shape index (κ3) is 4.47. The van der Waals surface area contributed by atoms with Gasteiger partial charge in [0.15, 0.2) is 0 Å². The highest BCUT2D eigenvalue weighted by molar-refractivity contribution is 5.90. The summed E-state index contributed by atoms with van der Waals surface area (Å²) >= 11 is 0. The lowest BCUT2D eigenvalue weighted by Crippen LogP contribution is -2.30. The van der Waals surface area contributed by atoms with Gasteiger partial charge in [-0.15, -0.1) is 5.10 Å². The maximum absolute atomic E-state index is 11.8. The molecule has 0 aliphatic carbocycles. The Morgan fingerprint density at radius 1 is 1.39 bits per heavy atom. The molecule has 1 heterocycles. The molecule has 5 nitrogen and oxygen atoms in total. The number of nitrogens with zero attached hydrogens (tertiary/aromatic N) is 2. The Bertz CT molecular complexity index is 362. The van der Waals surface area contributed by atoms with Gasteiger partial charge in [0, 0.05) is 13.0 Å². The van der Waals surface area contributed by atoms with Crippen LogP contribution in [0, 0.1) is 5.92 Å². The van der Waals surface area contributed by atoms with Crippen molar-refractivity contribution in [1.82, 2.24) is 20.5 Å². The number of aromatic amines is 1. The average molecular weight is 252 g/mol. The van der Waals surface area contributed by atoms with Gasteiger partial charge in [0.05, 0.1) is 0 Å². The lowest BCUT2D eigenvalue weighted by atomic mass is 9.99. The van der Waals surface area contributed by atoms with Crippen LogP contribution in [-0.2, 0) is 6.42 Å². The van der Waals surface area contributed by atoms with E-state index in [0.717, 1.165) is 18.7 Å². The summed E-state index contributed by atoms with van der Waals surface area (Å²) in [4.78, 5) is 15.9. The van der Waals surface area contributed by atoms with E-state index in [1.165, 1.54) is 19.3 Å². The first-order chi connectivity index (χ1) is 8.71. The first kappa shape index (κ1) is 14.7. The van der Waals surface area contributed by atoms with Crippen LogP contribution in [0.1, 0.15) is 62.9 Å². The fourth-order valence-corrected chi connectivity index (χ4v) is 1.81. The predicted octanol–water partition coefficient (Wildman–Crippen LogP) is 2.31. The van der Waals surface area contributed by atoms with Gasteiger partial charge in [-0.25, -0.2) is 4.98 Å². The van der Waals surface area contributed by atoms with E-state index in [2.05, 4.69) is 34.3 Å². The number of carbonyl (C=O) groups is 1. The van der Waals surface area contributed by atoms with Gasteiger partial charge >= 0.3 is 0 Å². The lowest BCUT2D eigenvalue weighted by Gasteiger charge is -2.14. The molecule has 0 aliphatic heterocycles. The standard InChI is InChI=1S/C13H24N4O/c1-4-7-8-10(5-2)9-14-13(18)12-15-11(6-3)16-17-12/h10H,4-9H2,1-3H3,(H,14,18)(H,15,16,17). The third-order valence-electron chi connectivity index (χ3n) is 3.16. The first-order valence-electron chi connectivity index (χ1n) is 6.90. The van der Waals surface area contributed by atoms with E-state index in [9.17, 15) is 4.79 Å². The van der Waals surface area contributed by atoms with Gasteiger partial charge in [0.25, 0.3) is 5.91 Å². The number of unbranched alkanes of at least 4 members (excludes halogenated alkanes) is 1. The van der Waals surface area contributed by atoms with Crippen molar-refractivity contribution in [3.63, 3.8) is 0 Å². The normalized spacial score (nSPS) is 12.4. The molecular weight excluding hydrogens is 228 g/mol. The van der Waals surface area contributed by atoms with Crippen LogP contribution in [-0.4, -0.2) is 27.6 Å². The molecule has 0 bridgehead atoms. The molecule has 102 valence electrons. The topological polar surface area (TPSA) is 70.7 Å². The molecule has 1 aromatic heterocycles. The van der Waals surface area contributed by atoms with Crippen LogP contribution in [0.15, 0.2) is 0 Å². The number of hydrogen-bond donors (Lipinski definition) is 2. The van der Waals surface area contributed by atoms with E-state index in [1.54, 1.807) is 0 Å². The van der Waals surface area contributed by atoms with Crippen molar-refractivity contribution in [2.24, 2.45) is 5.92 Å². The quantitative estimate of drug-likeness (QED) is 0.746. The highest BCUT2D eigenvalue weighted by atomic mass is 16.2.